The lowest BCUT2D eigenvalue weighted by atomic mass is 9.47. The second kappa shape index (κ2) is 10.9. The predicted molar refractivity (Wildman–Crippen MR) is 141 cm³/mol. The zero-order valence-corrected chi connectivity index (χ0v) is 23.6. The smallest absolute Gasteiger partial charge is 0.120 e. The van der Waals surface area contributed by atoms with Gasteiger partial charge in [0.25, 0.3) is 0 Å². The van der Waals surface area contributed by atoms with Crippen molar-refractivity contribution in [1.29, 1.82) is 0 Å². The molecule has 0 aromatic rings. The molecule has 0 aromatic carbocycles. The van der Waals surface area contributed by atoms with Gasteiger partial charge in [-0.3, -0.25) is 0 Å². The normalized spacial score (nSPS) is 49.2. The summed E-state index contributed by atoms with van der Waals surface area (Å²) >= 11 is 0. The average Bonchev–Trinajstić information content (AvgIpc) is 2.76. The standard InChI is InChI=1S/C30H54O7/c1-15(2)7-6-8-16-9-10-20(31)24-19(16)12-17-11-18-13-21(32)25(22(33)14-29(3,4)5)28(36)30(18,37)27(35)23(17)26(24)34/h15-28,31-37H,6-14H2,1-5H3/t16?,17-,18+,19?,20?,21?,22?,23?,24?,25?,26?,27?,28?,30+/m1/s1. The summed E-state index contributed by atoms with van der Waals surface area (Å²) in [5.41, 5.74) is -2.17. The number of rotatable bonds is 6. The molecule has 4 rings (SSSR count). The third-order valence-corrected chi connectivity index (χ3v) is 10.8. The molecule has 7 heteroatoms. The molecule has 0 bridgehead atoms. The van der Waals surface area contributed by atoms with E-state index in [-0.39, 0.29) is 29.6 Å². The second-order valence-electron chi connectivity index (χ2n) is 15.0. The van der Waals surface area contributed by atoms with Crippen molar-refractivity contribution in [2.24, 2.45) is 52.8 Å². The number of aliphatic hydroxyl groups is 7. The van der Waals surface area contributed by atoms with Crippen LogP contribution in [0.25, 0.3) is 0 Å². The van der Waals surface area contributed by atoms with Crippen molar-refractivity contribution in [2.75, 3.05) is 0 Å². The maximum atomic E-state index is 11.9. The van der Waals surface area contributed by atoms with Crippen molar-refractivity contribution in [3.63, 3.8) is 0 Å². The lowest BCUT2D eigenvalue weighted by molar-refractivity contribution is -0.296. The summed E-state index contributed by atoms with van der Waals surface area (Å²) in [6.45, 7) is 10.4. The first-order valence-corrected chi connectivity index (χ1v) is 15.0. The highest BCUT2D eigenvalue weighted by Crippen LogP contribution is 2.58. The van der Waals surface area contributed by atoms with E-state index in [0.717, 1.165) is 32.1 Å². The van der Waals surface area contributed by atoms with Crippen LogP contribution in [-0.4, -0.2) is 78.0 Å². The van der Waals surface area contributed by atoms with E-state index in [1.807, 2.05) is 20.8 Å². The first kappa shape index (κ1) is 29.7. The van der Waals surface area contributed by atoms with E-state index in [1.165, 1.54) is 0 Å². The average molecular weight is 527 g/mol. The van der Waals surface area contributed by atoms with Gasteiger partial charge < -0.3 is 35.7 Å². The Morgan fingerprint density at radius 2 is 1.54 bits per heavy atom. The molecule has 0 saturated heterocycles. The number of fused-ring (bicyclic) bond motifs is 3. The van der Waals surface area contributed by atoms with Crippen molar-refractivity contribution in [1.82, 2.24) is 0 Å². The molecule has 4 aliphatic rings. The van der Waals surface area contributed by atoms with Crippen LogP contribution in [0.3, 0.4) is 0 Å². The summed E-state index contributed by atoms with van der Waals surface area (Å²) in [7, 11) is 0. The fraction of sp³-hybridized carbons (Fsp3) is 1.00. The molecule has 0 radical (unpaired) electrons. The van der Waals surface area contributed by atoms with Crippen LogP contribution in [0.1, 0.15) is 92.4 Å². The minimum Gasteiger partial charge on any atom is -0.393 e. The molecule has 14 atom stereocenters. The Kier molecular flexibility index (Phi) is 8.79. The van der Waals surface area contributed by atoms with Crippen molar-refractivity contribution < 1.29 is 35.7 Å². The van der Waals surface area contributed by atoms with E-state index < -0.39 is 60.0 Å². The Hall–Kier alpha value is -0.280. The van der Waals surface area contributed by atoms with Crippen LogP contribution in [0.15, 0.2) is 0 Å². The molecule has 37 heavy (non-hydrogen) atoms. The second-order valence-corrected chi connectivity index (χ2v) is 15.0. The minimum atomic E-state index is -1.92. The van der Waals surface area contributed by atoms with Crippen LogP contribution < -0.4 is 0 Å². The fourth-order valence-electron chi connectivity index (χ4n) is 9.11. The number of hydrogen-bond donors (Lipinski definition) is 7. The summed E-state index contributed by atoms with van der Waals surface area (Å²) in [4.78, 5) is 0. The molecule has 4 saturated carbocycles. The summed E-state index contributed by atoms with van der Waals surface area (Å²) in [5.74, 6) is -1.31. The number of hydrogen-bond acceptors (Lipinski definition) is 7. The molecule has 216 valence electrons. The lowest BCUT2D eigenvalue weighted by Crippen LogP contribution is -2.73. The van der Waals surface area contributed by atoms with E-state index >= 15 is 0 Å². The Labute approximate surface area is 223 Å². The molecule has 0 amide bonds. The molecular formula is C30H54O7. The zero-order valence-electron chi connectivity index (χ0n) is 23.6. The molecular weight excluding hydrogens is 472 g/mol. The molecule has 0 heterocycles. The summed E-state index contributed by atoms with van der Waals surface area (Å²) in [5, 5.41) is 79.5. The first-order chi connectivity index (χ1) is 17.2. The highest BCUT2D eigenvalue weighted by atomic mass is 16.4. The van der Waals surface area contributed by atoms with E-state index in [0.29, 0.717) is 31.1 Å². The highest BCUT2D eigenvalue weighted by molar-refractivity contribution is 5.16. The van der Waals surface area contributed by atoms with Crippen LogP contribution in [0, 0.1) is 52.8 Å². The quantitative estimate of drug-likeness (QED) is 0.282. The summed E-state index contributed by atoms with van der Waals surface area (Å²) < 4.78 is 0. The topological polar surface area (TPSA) is 142 Å². The van der Waals surface area contributed by atoms with E-state index in [4.69, 9.17) is 0 Å². The Morgan fingerprint density at radius 3 is 2.16 bits per heavy atom. The van der Waals surface area contributed by atoms with Crippen molar-refractivity contribution >= 4 is 0 Å². The summed E-state index contributed by atoms with van der Waals surface area (Å²) in [6, 6.07) is 0. The number of aliphatic hydroxyl groups excluding tert-OH is 6. The third-order valence-electron chi connectivity index (χ3n) is 10.8. The van der Waals surface area contributed by atoms with Gasteiger partial charge in [0.15, 0.2) is 0 Å². The van der Waals surface area contributed by atoms with Crippen LogP contribution >= 0.6 is 0 Å². The van der Waals surface area contributed by atoms with Gasteiger partial charge in [-0.2, -0.15) is 0 Å². The van der Waals surface area contributed by atoms with Gasteiger partial charge in [0.1, 0.15) is 5.60 Å². The SMILES string of the molecule is CC(C)CCCC1CCC(O)C2C(O)C3C(O)[C@]4(O)C(O)C(C(O)CC(C)(C)C)C(O)C[C@@H]4C[C@@H]3CC12. The third kappa shape index (κ3) is 5.53. The van der Waals surface area contributed by atoms with E-state index in [1.54, 1.807) is 0 Å². The van der Waals surface area contributed by atoms with Crippen LogP contribution in [0.4, 0.5) is 0 Å². The maximum absolute atomic E-state index is 11.9. The molecule has 4 fully saturated rings. The van der Waals surface area contributed by atoms with Gasteiger partial charge in [0.05, 0.1) is 36.6 Å². The minimum absolute atomic E-state index is 0.0510. The molecule has 11 unspecified atom stereocenters. The van der Waals surface area contributed by atoms with Crippen LogP contribution in [-0.2, 0) is 0 Å². The predicted octanol–water partition coefficient (Wildman–Crippen LogP) is 2.46. The molecule has 0 aliphatic heterocycles. The monoisotopic (exact) mass is 526 g/mol. The maximum Gasteiger partial charge on any atom is 0.120 e. The van der Waals surface area contributed by atoms with E-state index in [2.05, 4.69) is 13.8 Å². The van der Waals surface area contributed by atoms with E-state index in [9.17, 15) is 35.7 Å². The lowest BCUT2D eigenvalue weighted by Gasteiger charge is -2.62. The Morgan fingerprint density at radius 1 is 0.865 bits per heavy atom. The van der Waals surface area contributed by atoms with Crippen molar-refractivity contribution in [3.8, 4) is 0 Å². The molecule has 7 nitrogen and oxygen atoms in total. The largest absolute Gasteiger partial charge is 0.393 e. The summed E-state index contributed by atoms with van der Waals surface area (Å²) in [6.07, 6.45) is 0.251. The first-order valence-electron chi connectivity index (χ1n) is 15.0. The van der Waals surface area contributed by atoms with Gasteiger partial charge in [0, 0.05) is 17.8 Å². The fourth-order valence-corrected chi connectivity index (χ4v) is 9.11. The molecule has 4 aliphatic carbocycles. The van der Waals surface area contributed by atoms with Crippen molar-refractivity contribution in [2.45, 2.75) is 135 Å². The molecule has 0 aromatic heterocycles. The van der Waals surface area contributed by atoms with Crippen LogP contribution in [0.2, 0.25) is 0 Å². The van der Waals surface area contributed by atoms with Gasteiger partial charge >= 0.3 is 0 Å². The van der Waals surface area contributed by atoms with Gasteiger partial charge in [-0.1, -0.05) is 53.9 Å². The Bertz CT molecular complexity index is 768. The Balaban J connectivity index is 1.57. The van der Waals surface area contributed by atoms with Gasteiger partial charge in [-0.25, -0.2) is 0 Å². The zero-order chi connectivity index (χ0) is 27.4. The van der Waals surface area contributed by atoms with Gasteiger partial charge in [-0.15, -0.1) is 0 Å². The molecule has 0 spiro atoms. The van der Waals surface area contributed by atoms with Crippen molar-refractivity contribution in [3.05, 3.63) is 0 Å². The van der Waals surface area contributed by atoms with Gasteiger partial charge in [0.2, 0.25) is 0 Å². The molecule has 7 N–H and O–H groups in total. The highest BCUT2D eigenvalue weighted by Gasteiger charge is 2.66. The van der Waals surface area contributed by atoms with Gasteiger partial charge in [-0.05, 0) is 73.5 Å². The van der Waals surface area contributed by atoms with Crippen LogP contribution in [0.5, 0.6) is 0 Å².